The van der Waals surface area contributed by atoms with Gasteiger partial charge in [0.05, 0.1) is 5.69 Å². The smallest absolute Gasteiger partial charge is 0.317 e. The van der Waals surface area contributed by atoms with Gasteiger partial charge in [0, 0.05) is 68.1 Å². The number of rotatable bonds is 3. The van der Waals surface area contributed by atoms with Crippen LogP contribution in [0.1, 0.15) is 33.6 Å². The molecule has 0 aliphatic carbocycles. The third-order valence-corrected chi connectivity index (χ3v) is 5.74. The highest BCUT2D eigenvalue weighted by atomic mass is 16.2. The van der Waals surface area contributed by atoms with Crippen LogP contribution in [0.2, 0.25) is 0 Å². The number of nitrogens with one attached hydrogen (secondary N) is 1. The summed E-state index contributed by atoms with van der Waals surface area (Å²) in [5, 5.41) is 18.4. The van der Waals surface area contributed by atoms with Crippen molar-refractivity contribution in [2.24, 2.45) is 7.05 Å². The first-order valence-corrected chi connectivity index (χ1v) is 10.6. The number of carbonyl (C=O) groups excluding carboxylic acids is 1. The molecule has 0 unspecified atom stereocenters. The van der Waals surface area contributed by atoms with Gasteiger partial charge >= 0.3 is 6.03 Å². The molecule has 1 aliphatic rings. The van der Waals surface area contributed by atoms with Crippen LogP contribution in [0.5, 0.6) is 0 Å². The molecule has 3 aromatic heterocycles. The van der Waals surface area contributed by atoms with E-state index >= 15 is 0 Å². The first-order valence-electron chi connectivity index (χ1n) is 10.6. The molecule has 0 bridgehead atoms. The van der Waals surface area contributed by atoms with Gasteiger partial charge in [-0.2, -0.15) is 5.10 Å². The first-order chi connectivity index (χ1) is 14.7. The van der Waals surface area contributed by atoms with Gasteiger partial charge < -0.3 is 15.1 Å². The molecule has 0 spiro atoms. The maximum absolute atomic E-state index is 12.5. The van der Waals surface area contributed by atoms with E-state index in [1.165, 1.54) is 0 Å². The number of fused-ring (bicyclic) bond motifs is 1. The van der Waals surface area contributed by atoms with Gasteiger partial charge in [0.1, 0.15) is 5.69 Å². The molecule has 1 N–H and O–H groups in total. The number of urea groups is 1. The lowest BCUT2D eigenvalue weighted by atomic mass is 10.0. The van der Waals surface area contributed by atoms with Crippen molar-refractivity contribution in [3.05, 3.63) is 30.7 Å². The number of amides is 2. The van der Waals surface area contributed by atoms with E-state index in [1.54, 1.807) is 17.1 Å². The highest BCUT2D eigenvalue weighted by Gasteiger charge is 2.28. The average molecular weight is 423 g/mol. The molecule has 1 fully saturated rings. The molecule has 9 heteroatoms. The summed E-state index contributed by atoms with van der Waals surface area (Å²) >= 11 is 0. The molecular formula is C22H30N8O. The van der Waals surface area contributed by atoms with Crippen molar-refractivity contribution in [3.8, 4) is 11.4 Å². The minimum absolute atomic E-state index is 0.0269. The van der Waals surface area contributed by atoms with Crippen LogP contribution in [0.4, 0.5) is 10.6 Å². The minimum Gasteiger partial charge on any atom is -0.354 e. The van der Waals surface area contributed by atoms with Crippen molar-refractivity contribution in [1.82, 2.24) is 35.2 Å². The number of hydrogen-bond acceptors (Lipinski definition) is 6. The molecule has 4 heterocycles. The van der Waals surface area contributed by atoms with Crippen LogP contribution >= 0.6 is 0 Å². The molecule has 164 valence electrons. The maximum atomic E-state index is 12.5. The fourth-order valence-corrected chi connectivity index (χ4v) is 4.05. The summed E-state index contributed by atoms with van der Waals surface area (Å²) in [6.07, 6.45) is 7.15. The van der Waals surface area contributed by atoms with Crippen LogP contribution in [-0.2, 0) is 7.05 Å². The summed E-state index contributed by atoms with van der Waals surface area (Å²) < 4.78 is 1.80. The predicted octanol–water partition coefficient (Wildman–Crippen LogP) is 2.83. The van der Waals surface area contributed by atoms with E-state index in [0.29, 0.717) is 0 Å². The van der Waals surface area contributed by atoms with Gasteiger partial charge in [-0.1, -0.05) is 0 Å². The SMILES string of the molecule is CN(C(=O)NC(C)(C)C)C1CCN(c2nnc(-c3ccnn3C)c3ccncc23)CC1. The molecular weight excluding hydrogens is 392 g/mol. The second kappa shape index (κ2) is 8.13. The van der Waals surface area contributed by atoms with E-state index in [4.69, 9.17) is 0 Å². The van der Waals surface area contributed by atoms with Crippen LogP contribution in [-0.4, -0.2) is 67.6 Å². The number of aromatic nitrogens is 5. The summed E-state index contributed by atoms with van der Waals surface area (Å²) in [7, 11) is 3.78. The Balaban J connectivity index is 1.54. The van der Waals surface area contributed by atoms with E-state index in [1.807, 2.05) is 58.1 Å². The van der Waals surface area contributed by atoms with Crippen molar-refractivity contribution in [2.75, 3.05) is 25.0 Å². The fourth-order valence-electron chi connectivity index (χ4n) is 4.05. The predicted molar refractivity (Wildman–Crippen MR) is 121 cm³/mol. The standard InChI is InChI=1S/C22H30N8O/c1-22(2,3)25-21(31)28(4)15-8-12-30(13-9-15)20-17-14-23-10-6-16(17)19(26-27-20)18-7-11-24-29(18)5/h6-7,10-11,14-15H,8-9,12-13H2,1-5H3,(H,25,31). The Hall–Kier alpha value is -3.23. The first kappa shape index (κ1) is 21.0. The monoisotopic (exact) mass is 422 g/mol. The normalized spacial score (nSPS) is 15.3. The van der Waals surface area contributed by atoms with E-state index in [0.717, 1.165) is 53.9 Å². The number of aryl methyl sites for hydroxylation is 1. The number of anilines is 1. The van der Waals surface area contributed by atoms with E-state index < -0.39 is 0 Å². The zero-order chi connectivity index (χ0) is 22.2. The van der Waals surface area contributed by atoms with Crippen molar-refractivity contribution in [1.29, 1.82) is 0 Å². The fraction of sp³-hybridized carbons (Fsp3) is 0.500. The molecule has 1 saturated heterocycles. The van der Waals surface area contributed by atoms with Gasteiger partial charge in [0.25, 0.3) is 0 Å². The van der Waals surface area contributed by atoms with E-state index in [9.17, 15) is 4.79 Å². The number of carbonyl (C=O) groups is 1. The molecule has 1 aliphatic heterocycles. The summed E-state index contributed by atoms with van der Waals surface area (Å²) in [5.41, 5.74) is 1.47. The van der Waals surface area contributed by atoms with Crippen LogP contribution in [0.3, 0.4) is 0 Å². The highest BCUT2D eigenvalue weighted by molar-refractivity contribution is 5.99. The number of pyridine rings is 1. The number of piperidine rings is 1. The van der Waals surface area contributed by atoms with Gasteiger partial charge in [-0.05, 0) is 45.7 Å². The Labute approximate surface area is 182 Å². The molecule has 2 amide bonds. The summed E-state index contributed by atoms with van der Waals surface area (Å²) in [5.74, 6) is 0.842. The molecule has 0 aromatic carbocycles. The number of nitrogens with zero attached hydrogens (tertiary/aromatic N) is 7. The van der Waals surface area contributed by atoms with Crippen LogP contribution < -0.4 is 10.2 Å². The molecule has 4 rings (SSSR count). The van der Waals surface area contributed by atoms with Crippen molar-refractivity contribution >= 4 is 22.6 Å². The second-order valence-electron chi connectivity index (χ2n) is 9.14. The van der Waals surface area contributed by atoms with Crippen molar-refractivity contribution in [3.63, 3.8) is 0 Å². The lowest BCUT2D eigenvalue weighted by Crippen LogP contribution is -2.53. The average Bonchev–Trinajstić information content (AvgIpc) is 3.17. The molecule has 31 heavy (non-hydrogen) atoms. The lowest BCUT2D eigenvalue weighted by molar-refractivity contribution is 0.171. The molecule has 0 saturated carbocycles. The zero-order valence-corrected chi connectivity index (χ0v) is 18.8. The van der Waals surface area contributed by atoms with Crippen LogP contribution in [0.25, 0.3) is 22.2 Å². The van der Waals surface area contributed by atoms with E-state index in [-0.39, 0.29) is 17.6 Å². The summed E-state index contributed by atoms with van der Waals surface area (Å²) in [4.78, 5) is 20.9. The third kappa shape index (κ3) is 4.30. The Kier molecular flexibility index (Phi) is 5.51. The molecule has 0 radical (unpaired) electrons. The van der Waals surface area contributed by atoms with Crippen molar-refractivity contribution < 1.29 is 4.79 Å². The second-order valence-corrected chi connectivity index (χ2v) is 9.14. The van der Waals surface area contributed by atoms with Crippen molar-refractivity contribution in [2.45, 2.75) is 45.2 Å². The van der Waals surface area contributed by atoms with Crippen LogP contribution in [0, 0.1) is 0 Å². The topological polar surface area (TPSA) is 92.1 Å². The Bertz CT molecular complexity index is 1080. The Morgan fingerprint density at radius 3 is 2.52 bits per heavy atom. The van der Waals surface area contributed by atoms with Gasteiger partial charge in [0.15, 0.2) is 5.82 Å². The minimum atomic E-state index is -0.247. The maximum Gasteiger partial charge on any atom is 0.317 e. The molecule has 3 aromatic rings. The van der Waals surface area contributed by atoms with E-state index in [2.05, 4.69) is 30.5 Å². The third-order valence-electron chi connectivity index (χ3n) is 5.74. The van der Waals surface area contributed by atoms with Crippen LogP contribution in [0.15, 0.2) is 30.7 Å². The Morgan fingerprint density at radius 2 is 1.87 bits per heavy atom. The largest absolute Gasteiger partial charge is 0.354 e. The summed E-state index contributed by atoms with van der Waals surface area (Å²) in [6.45, 7) is 7.60. The van der Waals surface area contributed by atoms with Gasteiger partial charge in [-0.15, -0.1) is 10.2 Å². The molecule has 9 nitrogen and oxygen atoms in total. The Morgan fingerprint density at radius 1 is 1.13 bits per heavy atom. The summed E-state index contributed by atoms with van der Waals surface area (Å²) in [6, 6.07) is 4.09. The highest BCUT2D eigenvalue weighted by Crippen LogP contribution is 2.32. The lowest BCUT2D eigenvalue weighted by Gasteiger charge is -2.38. The van der Waals surface area contributed by atoms with Gasteiger partial charge in [-0.25, -0.2) is 4.79 Å². The number of hydrogen-bond donors (Lipinski definition) is 1. The quantitative estimate of drug-likeness (QED) is 0.698. The molecule has 0 atom stereocenters. The van der Waals surface area contributed by atoms with Gasteiger partial charge in [-0.3, -0.25) is 9.67 Å². The zero-order valence-electron chi connectivity index (χ0n) is 18.8. The van der Waals surface area contributed by atoms with Gasteiger partial charge in [0.2, 0.25) is 0 Å².